The van der Waals surface area contributed by atoms with Crippen LogP contribution in [0.1, 0.15) is 31.5 Å². The summed E-state index contributed by atoms with van der Waals surface area (Å²) in [4.78, 5) is 4.32. The van der Waals surface area contributed by atoms with Crippen LogP contribution in [-0.4, -0.2) is 22.7 Å². The van der Waals surface area contributed by atoms with Gasteiger partial charge in [-0.1, -0.05) is 13.0 Å². The molecule has 0 radical (unpaired) electrons. The summed E-state index contributed by atoms with van der Waals surface area (Å²) in [5.74, 6) is 0.491. The highest BCUT2D eigenvalue weighted by atomic mass is 16.3. The van der Waals surface area contributed by atoms with Crippen LogP contribution in [0.15, 0.2) is 18.3 Å². The van der Waals surface area contributed by atoms with Crippen molar-refractivity contribution in [2.24, 2.45) is 5.92 Å². The van der Waals surface area contributed by atoms with E-state index in [1.165, 1.54) is 5.56 Å². The number of pyridine rings is 1. The van der Waals surface area contributed by atoms with Gasteiger partial charge in [0.05, 0.1) is 11.8 Å². The minimum absolute atomic E-state index is 0.214. The number of hydrogen-bond acceptors (Lipinski definition) is 3. The Balaban J connectivity index is 2.22. The molecule has 2 unspecified atom stereocenters. The van der Waals surface area contributed by atoms with Crippen molar-refractivity contribution >= 4 is 0 Å². The van der Waals surface area contributed by atoms with Crippen LogP contribution in [-0.2, 0) is 6.54 Å². The fourth-order valence-corrected chi connectivity index (χ4v) is 1.72. The lowest BCUT2D eigenvalue weighted by Gasteiger charge is -2.13. The molecular weight excluding hydrogens is 200 g/mol. The molecule has 0 fully saturated rings. The lowest BCUT2D eigenvalue weighted by molar-refractivity contribution is 0.163. The number of nitrogens with one attached hydrogen (secondary N) is 1. The van der Waals surface area contributed by atoms with Crippen LogP contribution in [0.3, 0.4) is 0 Å². The van der Waals surface area contributed by atoms with Crippen molar-refractivity contribution in [3.8, 4) is 0 Å². The Morgan fingerprint density at radius 1 is 1.38 bits per heavy atom. The Morgan fingerprint density at radius 3 is 2.69 bits per heavy atom. The van der Waals surface area contributed by atoms with E-state index in [0.717, 1.165) is 25.2 Å². The molecule has 0 aromatic carbocycles. The molecule has 3 heteroatoms. The average Bonchev–Trinajstić information content (AvgIpc) is 2.20. The van der Waals surface area contributed by atoms with Crippen LogP contribution in [0.2, 0.25) is 0 Å². The van der Waals surface area contributed by atoms with Gasteiger partial charge in [0.15, 0.2) is 0 Å². The number of rotatable bonds is 6. The molecule has 0 amide bonds. The molecule has 2 atom stereocenters. The van der Waals surface area contributed by atoms with Crippen molar-refractivity contribution in [2.45, 2.75) is 39.8 Å². The SMILES string of the molecule is Cc1ccc(CNCC(C)CC(C)O)nc1. The van der Waals surface area contributed by atoms with Gasteiger partial charge in [-0.2, -0.15) is 0 Å². The van der Waals surface area contributed by atoms with Crippen LogP contribution in [0.5, 0.6) is 0 Å². The van der Waals surface area contributed by atoms with Crippen molar-refractivity contribution in [1.29, 1.82) is 0 Å². The molecule has 1 aromatic rings. The summed E-state index contributed by atoms with van der Waals surface area (Å²) in [7, 11) is 0. The molecule has 90 valence electrons. The molecule has 0 saturated heterocycles. The third-order valence-corrected chi connectivity index (χ3v) is 2.52. The van der Waals surface area contributed by atoms with Gasteiger partial charge < -0.3 is 10.4 Å². The second-order valence-corrected chi connectivity index (χ2v) is 4.65. The van der Waals surface area contributed by atoms with Gasteiger partial charge in [-0.3, -0.25) is 4.98 Å². The summed E-state index contributed by atoms with van der Waals surface area (Å²) in [6.07, 6.45) is 2.51. The molecule has 1 heterocycles. The van der Waals surface area contributed by atoms with Gasteiger partial charge in [0.1, 0.15) is 0 Å². The lowest BCUT2D eigenvalue weighted by atomic mass is 10.0. The molecule has 1 aromatic heterocycles. The maximum Gasteiger partial charge on any atom is 0.0541 e. The maximum absolute atomic E-state index is 9.23. The quantitative estimate of drug-likeness (QED) is 0.772. The van der Waals surface area contributed by atoms with Gasteiger partial charge in [0.2, 0.25) is 0 Å². The number of nitrogens with zero attached hydrogens (tertiary/aromatic N) is 1. The Bertz CT molecular complexity index is 295. The Kier molecular flexibility index (Phi) is 5.43. The lowest BCUT2D eigenvalue weighted by Crippen LogP contribution is -2.23. The van der Waals surface area contributed by atoms with E-state index in [0.29, 0.717) is 5.92 Å². The summed E-state index contributed by atoms with van der Waals surface area (Å²) in [6, 6.07) is 4.12. The molecule has 0 aliphatic heterocycles. The summed E-state index contributed by atoms with van der Waals surface area (Å²) in [5.41, 5.74) is 2.25. The third-order valence-electron chi connectivity index (χ3n) is 2.52. The average molecular weight is 222 g/mol. The van der Waals surface area contributed by atoms with Crippen LogP contribution >= 0.6 is 0 Å². The van der Waals surface area contributed by atoms with E-state index >= 15 is 0 Å². The van der Waals surface area contributed by atoms with Gasteiger partial charge in [0.25, 0.3) is 0 Å². The number of hydrogen-bond donors (Lipinski definition) is 2. The fourth-order valence-electron chi connectivity index (χ4n) is 1.72. The number of aliphatic hydroxyl groups excluding tert-OH is 1. The predicted octanol–water partition coefficient (Wildman–Crippen LogP) is 1.89. The first-order valence-corrected chi connectivity index (χ1v) is 5.88. The van der Waals surface area contributed by atoms with Crippen molar-refractivity contribution in [2.75, 3.05) is 6.54 Å². The van der Waals surface area contributed by atoms with Gasteiger partial charge in [-0.05, 0) is 44.4 Å². The monoisotopic (exact) mass is 222 g/mol. The van der Waals surface area contributed by atoms with Gasteiger partial charge >= 0.3 is 0 Å². The molecule has 0 saturated carbocycles. The zero-order chi connectivity index (χ0) is 12.0. The molecule has 0 aliphatic rings. The largest absolute Gasteiger partial charge is 0.393 e. The van der Waals surface area contributed by atoms with E-state index in [-0.39, 0.29) is 6.10 Å². The number of aryl methyl sites for hydroxylation is 1. The molecule has 3 nitrogen and oxygen atoms in total. The number of aliphatic hydroxyl groups is 1. The smallest absolute Gasteiger partial charge is 0.0541 e. The van der Waals surface area contributed by atoms with E-state index in [1.54, 1.807) is 0 Å². The van der Waals surface area contributed by atoms with Crippen molar-refractivity contribution in [1.82, 2.24) is 10.3 Å². The molecule has 1 rings (SSSR count). The molecule has 0 aliphatic carbocycles. The number of aromatic nitrogens is 1. The summed E-state index contributed by atoms with van der Waals surface area (Å²) in [6.45, 7) is 7.72. The first kappa shape index (κ1) is 13.1. The normalized spacial score (nSPS) is 14.8. The summed E-state index contributed by atoms with van der Waals surface area (Å²) in [5, 5.41) is 12.6. The second-order valence-electron chi connectivity index (χ2n) is 4.65. The van der Waals surface area contributed by atoms with Crippen LogP contribution < -0.4 is 5.32 Å². The standard InChI is InChI=1S/C13H22N2O/c1-10-4-5-13(15-8-10)9-14-7-11(2)6-12(3)16/h4-5,8,11-12,14,16H,6-7,9H2,1-3H3. The molecule has 0 bridgehead atoms. The van der Waals surface area contributed by atoms with Crippen molar-refractivity contribution in [3.05, 3.63) is 29.6 Å². The maximum atomic E-state index is 9.23. The van der Waals surface area contributed by atoms with E-state index < -0.39 is 0 Å². The van der Waals surface area contributed by atoms with Gasteiger partial charge in [0, 0.05) is 12.7 Å². The first-order valence-electron chi connectivity index (χ1n) is 5.88. The van der Waals surface area contributed by atoms with Crippen LogP contribution in [0, 0.1) is 12.8 Å². The zero-order valence-electron chi connectivity index (χ0n) is 10.4. The first-order chi connectivity index (χ1) is 7.58. The minimum Gasteiger partial charge on any atom is -0.393 e. The minimum atomic E-state index is -0.214. The highest BCUT2D eigenvalue weighted by Crippen LogP contribution is 2.04. The van der Waals surface area contributed by atoms with Gasteiger partial charge in [-0.25, -0.2) is 0 Å². The zero-order valence-corrected chi connectivity index (χ0v) is 10.4. The summed E-state index contributed by atoms with van der Waals surface area (Å²) < 4.78 is 0. The van der Waals surface area contributed by atoms with Crippen LogP contribution in [0.25, 0.3) is 0 Å². The molecule has 2 N–H and O–H groups in total. The Labute approximate surface area is 97.9 Å². The second kappa shape index (κ2) is 6.61. The Morgan fingerprint density at radius 2 is 2.12 bits per heavy atom. The molecule has 16 heavy (non-hydrogen) atoms. The topological polar surface area (TPSA) is 45.1 Å². The predicted molar refractivity (Wildman–Crippen MR) is 66.1 cm³/mol. The van der Waals surface area contributed by atoms with E-state index in [1.807, 2.05) is 26.1 Å². The van der Waals surface area contributed by atoms with E-state index in [9.17, 15) is 5.11 Å². The molecular formula is C13H22N2O. The summed E-state index contributed by atoms with van der Waals surface area (Å²) >= 11 is 0. The van der Waals surface area contributed by atoms with Crippen LogP contribution in [0.4, 0.5) is 0 Å². The van der Waals surface area contributed by atoms with Crippen molar-refractivity contribution < 1.29 is 5.11 Å². The third kappa shape index (κ3) is 5.24. The fraction of sp³-hybridized carbons (Fsp3) is 0.615. The highest BCUT2D eigenvalue weighted by molar-refractivity contribution is 5.11. The highest BCUT2D eigenvalue weighted by Gasteiger charge is 2.05. The van der Waals surface area contributed by atoms with Gasteiger partial charge in [-0.15, -0.1) is 0 Å². The Hall–Kier alpha value is -0.930. The van der Waals surface area contributed by atoms with E-state index in [2.05, 4.69) is 23.3 Å². The van der Waals surface area contributed by atoms with Crippen molar-refractivity contribution in [3.63, 3.8) is 0 Å². The van der Waals surface area contributed by atoms with E-state index in [4.69, 9.17) is 0 Å². The molecule has 0 spiro atoms.